The SMILES string of the molecule is Cc1ccc([C@H](N2NC(C)(C)CC2=O)C(F)(F)F)cc1. The Bertz CT molecular complexity index is 508. The molecule has 20 heavy (non-hydrogen) atoms. The lowest BCUT2D eigenvalue weighted by molar-refractivity contribution is -0.196. The summed E-state index contributed by atoms with van der Waals surface area (Å²) >= 11 is 0. The number of hydrogen-bond acceptors (Lipinski definition) is 2. The van der Waals surface area contributed by atoms with E-state index < -0.39 is 23.7 Å². The highest BCUT2D eigenvalue weighted by molar-refractivity contribution is 5.79. The van der Waals surface area contributed by atoms with E-state index in [-0.39, 0.29) is 12.0 Å². The first-order valence-corrected chi connectivity index (χ1v) is 6.33. The summed E-state index contributed by atoms with van der Waals surface area (Å²) in [5.74, 6) is -0.544. The molecule has 1 N–H and O–H groups in total. The fourth-order valence-corrected chi connectivity index (χ4v) is 2.33. The van der Waals surface area contributed by atoms with Crippen LogP contribution in [-0.4, -0.2) is 22.6 Å². The van der Waals surface area contributed by atoms with Crippen LogP contribution in [0.15, 0.2) is 24.3 Å². The Hall–Kier alpha value is -1.56. The van der Waals surface area contributed by atoms with Crippen LogP contribution in [0.4, 0.5) is 13.2 Å². The van der Waals surface area contributed by atoms with E-state index in [0.29, 0.717) is 5.01 Å². The fraction of sp³-hybridized carbons (Fsp3) is 0.500. The molecule has 3 nitrogen and oxygen atoms in total. The molecule has 1 aliphatic heterocycles. The molecule has 0 aromatic heterocycles. The normalized spacial score (nSPS) is 20.3. The minimum atomic E-state index is -4.53. The topological polar surface area (TPSA) is 32.3 Å². The predicted octanol–water partition coefficient (Wildman–Crippen LogP) is 3.11. The van der Waals surface area contributed by atoms with Crippen LogP contribution in [0.3, 0.4) is 0 Å². The van der Waals surface area contributed by atoms with Gasteiger partial charge in [0.2, 0.25) is 5.91 Å². The first-order chi connectivity index (χ1) is 9.10. The molecule has 1 fully saturated rings. The van der Waals surface area contributed by atoms with Gasteiger partial charge >= 0.3 is 6.18 Å². The standard InChI is InChI=1S/C14H17F3N2O/c1-9-4-6-10(7-5-9)12(14(15,16)17)19-11(20)8-13(2,3)18-19/h4-7,12,18H,8H2,1-3H3/t12-/m0/s1. The predicted molar refractivity (Wildman–Crippen MR) is 68.7 cm³/mol. The molecule has 0 unspecified atom stereocenters. The van der Waals surface area contributed by atoms with Gasteiger partial charge < -0.3 is 0 Å². The van der Waals surface area contributed by atoms with Crippen LogP contribution in [0.5, 0.6) is 0 Å². The number of hydrazine groups is 1. The lowest BCUT2D eigenvalue weighted by atomic mass is 10.0. The maximum absolute atomic E-state index is 13.3. The highest BCUT2D eigenvalue weighted by Gasteiger charge is 2.51. The van der Waals surface area contributed by atoms with E-state index in [0.717, 1.165) is 5.56 Å². The van der Waals surface area contributed by atoms with Gasteiger partial charge in [-0.05, 0) is 26.3 Å². The Labute approximate surface area is 115 Å². The van der Waals surface area contributed by atoms with Crippen LogP contribution >= 0.6 is 0 Å². The summed E-state index contributed by atoms with van der Waals surface area (Å²) in [5.41, 5.74) is 2.93. The van der Waals surface area contributed by atoms with Crippen molar-refractivity contribution in [2.24, 2.45) is 0 Å². The summed E-state index contributed by atoms with van der Waals surface area (Å²) in [6, 6.07) is 4.08. The monoisotopic (exact) mass is 286 g/mol. The van der Waals surface area contributed by atoms with Crippen molar-refractivity contribution in [1.82, 2.24) is 10.4 Å². The average molecular weight is 286 g/mol. The number of carbonyl (C=O) groups excluding carboxylic acids is 1. The van der Waals surface area contributed by atoms with Gasteiger partial charge in [0.1, 0.15) is 0 Å². The molecule has 1 aromatic rings. The first kappa shape index (κ1) is 14.8. The summed E-state index contributed by atoms with van der Waals surface area (Å²) in [5, 5.41) is 0.713. The lowest BCUT2D eigenvalue weighted by Gasteiger charge is -2.31. The minimum Gasteiger partial charge on any atom is -0.273 e. The number of benzene rings is 1. The molecule has 6 heteroatoms. The largest absolute Gasteiger partial charge is 0.414 e. The Kier molecular flexibility index (Phi) is 3.54. The van der Waals surface area contributed by atoms with Gasteiger partial charge in [-0.2, -0.15) is 13.2 Å². The number of alkyl halides is 3. The third-order valence-electron chi connectivity index (χ3n) is 3.25. The van der Waals surface area contributed by atoms with Gasteiger partial charge in [-0.15, -0.1) is 0 Å². The fourth-order valence-electron chi connectivity index (χ4n) is 2.33. The van der Waals surface area contributed by atoms with E-state index in [1.54, 1.807) is 32.9 Å². The number of carbonyl (C=O) groups is 1. The molecule has 0 radical (unpaired) electrons. The molecule has 0 spiro atoms. The Morgan fingerprint density at radius 2 is 1.80 bits per heavy atom. The summed E-state index contributed by atoms with van der Waals surface area (Å²) < 4.78 is 40.0. The van der Waals surface area contributed by atoms with Crippen molar-refractivity contribution < 1.29 is 18.0 Å². The van der Waals surface area contributed by atoms with Gasteiger partial charge in [0.25, 0.3) is 0 Å². The Morgan fingerprint density at radius 3 is 2.20 bits per heavy atom. The zero-order valence-electron chi connectivity index (χ0n) is 11.6. The molecule has 0 bridgehead atoms. The molecule has 1 aromatic carbocycles. The van der Waals surface area contributed by atoms with E-state index in [2.05, 4.69) is 5.43 Å². The number of rotatable bonds is 2. The Balaban J connectivity index is 2.39. The molecule has 1 amide bonds. The van der Waals surface area contributed by atoms with Gasteiger partial charge in [-0.3, -0.25) is 9.80 Å². The van der Waals surface area contributed by atoms with E-state index >= 15 is 0 Å². The molecule has 2 rings (SSSR count). The zero-order chi connectivity index (χ0) is 15.1. The van der Waals surface area contributed by atoms with E-state index in [4.69, 9.17) is 0 Å². The van der Waals surface area contributed by atoms with Gasteiger partial charge in [-0.25, -0.2) is 5.43 Å². The highest BCUT2D eigenvalue weighted by atomic mass is 19.4. The molecule has 0 aliphatic carbocycles. The Morgan fingerprint density at radius 1 is 1.25 bits per heavy atom. The van der Waals surface area contributed by atoms with Crippen LogP contribution in [0, 0.1) is 6.92 Å². The van der Waals surface area contributed by atoms with Crippen molar-refractivity contribution in [3.8, 4) is 0 Å². The van der Waals surface area contributed by atoms with Crippen molar-refractivity contribution in [3.63, 3.8) is 0 Å². The van der Waals surface area contributed by atoms with Gasteiger partial charge in [0.15, 0.2) is 6.04 Å². The van der Waals surface area contributed by atoms with Crippen LogP contribution in [0.2, 0.25) is 0 Å². The number of hydrogen-bond donors (Lipinski definition) is 1. The van der Waals surface area contributed by atoms with Gasteiger partial charge in [0.05, 0.1) is 0 Å². The summed E-state index contributed by atoms with van der Waals surface area (Å²) in [6.07, 6.45) is -4.48. The van der Waals surface area contributed by atoms with E-state index in [9.17, 15) is 18.0 Å². The smallest absolute Gasteiger partial charge is 0.273 e. The van der Waals surface area contributed by atoms with Crippen LogP contribution in [-0.2, 0) is 4.79 Å². The summed E-state index contributed by atoms with van der Waals surface area (Å²) in [4.78, 5) is 11.9. The van der Waals surface area contributed by atoms with Crippen molar-refractivity contribution in [2.45, 2.75) is 44.9 Å². The minimum absolute atomic E-state index is 0.0471. The first-order valence-electron chi connectivity index (χ1n) is 6.33. The molecule has 110 valence electrons. The number of aryl methyl sites for hydroxylation is 1. The van der Waals surface area contributed by atoms with E-state index in [1.165, 1.54) is 12.1 Å². The number of amides is 1. The molecule has 1 saturated heterocycles. The van der Waals surface area contributed by atoms with Crippen molar-refractivity contribution in [1.29, 1.82) is 0 Å². The lowest BCUT2D eigenvalue weighted by Crippen LogP contribution is -2.48. The summed E-state index contributed by atoms with van der Waals surface area (Å²) in [6.45, 7) is 5.20. The van der Waals surface area contributed by atoms with Crippen LogP contribution in [0.1, 0.15) is 37.4 Å². The highest BCUT2D eigenvalue weighted by Crippen LogP contribution is 2.39. The number of nitrogens with zero attached hydrogens (tertiary/aromatic N) is 1. The molecular formula is C14H17F3N2O. The van der Waals surface area contributed by atoms with Crippen LogP contribution < -0.4 is 5.43 Å². The van der Waals surface area contributed by atoms with Crippen molar-refractivity contribution >= 4 is 5.91 Å². The summed E-state index contributed by atoms with van der Waals surface area (Å²) in [7, 11) is 0. The molecular weight excluding hydrogens is 269 g/mol. The number of nitrogens with one attached hydrogen (secondary N) is 1. The molecule has 1 aliphatic rings. The van der Waals surface area contributed by atoms with Gasteiger partial charge in [-0.1, -0.05) is 29.8 Å². The third-order valence-corrected chi connectivity index (χ3v) is 3.25. The average Bonchev–Trinajstić information content (AvgIpc) is 2.53. The molecule has 1 atom stereocenters. The zero-order valence-corrected chi connectivity index (χ0v) is 11.6. The maximum Gasteiger partial charge on any atom is 0.414 e. The molecule has 1 heterocycles. The van der Waals surface area contributed by atoms with Crippen LogP contribution in [0.25, 0.3) is 0 Å². The maximum atomic E-state index is 13.3. The van der Waals surface area contributed by atoms with E-state index in [1.807, 2.05) is 0 Å². The second-order valence-electron chi connectivity index (χ2n) is 5.79. The molecule has 0 saturated carbocycles. The third kappa shape index (κ3) is 2.95. The quantitative estimate of drug-likeness (QED) is 0.906. The second kappa shape index (κ2) is 4.77. The van der Waals surface area contributed by atoms with Gasteiger partial charge in [0, 0.05) is 12.0 Å². The second-order valence-corrected chi connectivity index (χ2v) is 5.79. The van der Waals surface area contributed by atoms with Crippen molar-refractivity contribution in [2.75, 3.05) is 0 Å². The number of halogens is 3. The van der Waals surface area contributed by atoms with Crippen molar-refractivity contribution in [3.05, 3.63) is 35.4 Å².